The van der Waals surface area contributed by atoms with E-state index < -0.39 is 5.97 Å². The molecule has 1 aliphatic heterocycles. The summed E-state index contributed by atoms with van der Waals surface area (Å²) in [4.78, 5) is 12.0. The van der Waals surface area contributed by atoms with Gasteiger partial charge in [0.25, 0.3) is 0 Å². The lowest BCUT2D eigenvalue weighted by Gasteiger charge is -2.10. The minimum atomic E-state index is -0.887. The Morgan fingerprint density at radius 1 is 1.54 bits per heavy atom. The first-order chi connectivity index (χ1) is 6.20. The monoisotopic (exact) mass is 215 g/mol. The molecule has 1 aromatic rings. The number of carbonyl (C=O) groups is 1. The van der Waals surface area contributed by atoms with Gasteiger partial charge in [-0.1, -0.05) is 0 Å². The van der Waals surface area contributed by atoms with Crippen LogP contribution in [0.5, 0.6) is 0 Å². The van der Waals surface area contributed by atoms with Gasteiger partial charge < -0.3 is 10.8 Å². The summed E-state index contributed by atoms with van der Waals surface area (Å²) >= 11 is 3.25. The molecule has 1 aromatic heterocycles. The molecule has 2 heterocycles. The van der Waals surface area contributed by atoms with Crippen LogP contribution in [0.3, 0.4) is 0 Å². The van der Waals surface area contributed by atoms with Gasteiger partial charge in [0.15, 0.2) is 0 Å². The second-order valence-corrected chi connectivity index (χ2v) is 5.09. The van der Waals surface area contributed by atoms with Gasteiger partial charge in [-0.15, -0.1) is 11.3 Å². The van der Waals surface area contributed by atoms with Crippen molar-refractivity contribution in [2.45, 2.75) is 12.2 Å². The smallest absolute Gasteiger partial charge is 0.338 e. The molecule has 3 nitrogen and oxygen atoms in total. The van der Waals surface area contributed by atoms with Gasteiger partial charge in [0.2, 0.25) is 0 Å². The average molecular weight is 215 g/mol. The fraction of sp³-hybridized carbons (Fsp3) is 0.375. The van der Waals surface area contributed by atoms with Crippen LogP contribution in [0.15, 0.2) is 0 Å². The van der Waals surface area contributed by atoms with Crippen LogP contribution < -0.4 is 5.73 Å². The Balaban J connectivity index is 2.54. The van der Waals surface area contributed by atoms with Crippen LogP contribution >= 0.6 is 23.1 Å². The van der Waals surface area contributed by atoms with E-state index in [2.05, 4.69) is 0 Å². The number of carboxylic acid groups (broad SMARTS) is 1. The number of hydrogen-bond acceptors (Lipinski definition) is 4. The van der Waals surface area contributed by atoms with E-state index in [1.165, 1.54) is 11.3 Å². The SMILES string of the molecule is Nc1sc2c(c1C(=O)O)CCSC2. The standard InChI is InChI=1S/C8H9NO2S2/c9-7-6(8(10)11)4-1-2-12-3-5(4)13-7/h1-3,9H2,(H,10,11). The van der Waals surface area contributed by atoms with E-state index in [1.807, 2.05) is 11.8 Å². The fourth-order valence-corrected chi connectivity index (χ4v) is 3.73. The Bertz CT molecular complexity index is 359. The predicted octanol–water partition coefficient (Wildman–Crippen LogP) is 1.82. The third kappa shape index (κ3) is 1.42. The maximum Gasteiger partial charge on any atom is 0.338 e. The van der Waals surface area contributed by atoms with E-state index in [9.17, 15) is 4.79 Å². The zero-order chi connectivity index (χ0) is 9.42. The highest BCUT2D eigenvalue weighted by molar-refractivity contribution is 7.98. The van der Waals surface area contributed by atoms with Gasteiger partial charge in [0.05, 0.1) is 5.56 Å². The molecule has 0 aliphatic carbocycles. The van der Waals surface area contributed by atoms with Gasteiger partial charge in [-0.2, -0.15) is 11.8 Å². The van der Waals surface area contributed by atoms with E-state index in [-0.39, 0.29) is 0 Å². The molecule has 3 N–H and O–H groups in total. The molecular formula is C8H9NO2S2. The molecule has 0 bridgehead atoms. The maximum atomic E-state index is 10.9. The van der Waals surface area contributed by atoms with E-state index in [4.69, 9.17) is 10.8 Å². The van der Waals surface area contributed by atoms with Crippen molar-refractivity contribution in [3.63, 3.8) is 0 Å². The van der Waals surface area contributed by atoms with Crippen LogP contribution in [0.1, 0.15) is 20.8 Å². The number of nitrogens with two attached hydrogens (primary N) is 1. The topological polar surface area (TPSA) is 63.3 Å². The fourth-order valence-electron chi connectivity index (χ4n) is 1.49. The molecule has 0 atom stereocenters. The molecular weight excluding hydrogens is 206 g/mol. The first-order valence-corrected chi connectivity index (χ1v) is 5.88. The molecule has 0 fully saturated rings. The van der Waals surface area contributed by atoms with Crippen molar-refractivity contribution in [2.75, 3.05) is 11.5 Å². The molecule has 0 aromatic carbocycles. The van der Waals surface area contributed by atoms with Crippen LogP contribution in [0.4, 0.5) is 5.00 Å². The van der Waals surface area contributed by atoms with Crippen LogP contribution in [-0.2, 0) is 12.2 Å². The summed E-state index contributed by atoms with van der Waals surface area (Å²) in [5.41, 5.74) is 6.96. The van der Waals surface area contributed by atoms with E-state index >= 15 is 0 Å². The molecule has 5 heteroatoms. The Kier molecular flexibility index (Phi) is 2.21. The van der Waals surface area contributed by atoms with Crippen molar-refractivity contribution >= 4 is 34.1 Å². The number of thioether (sulfide) groups is 1. The third-order valence-electron chi connectivity index (χ3n) is 2.06. The van der Waals surface area contributed by atoms with Crippen molar-refractivity contribution in [3.8, 4) is 0 Å². The van der Waals surface area contributed by atoms with Gasteiger partial charge in [0.1, 0.15) is 5.00 Å². The molecule has 0 saturated carbocycles. The summed E-state index contributed by atoms with van der Waals surface area (Å²) < 4.78 is 0. The highest BCUT2D eigenvalue weighted by atomic mass is 32.2. The van der Waals surface area contributed by atoms with E-state index in [0.717, 1.165) is 28.4 Å². The summed E-state index contributed by atoms with van der Waals surface area (Å²) in [7, 11) is 0. The second-order valence-electron chi connectivity index (χ2n) is 2.85. The van der Waals surface area contributed by atoms with Crippen molar-refractivity contribution in [1.82, 2.24) is 0 Å². The zero-order valence-electron chi connectivity index (χ0n) is 6.87. The lowest BCUT2D eigenvalue weighted by atomic mass is 10.1. The maximum absolute atomic E-state index is 10.9. The van der Waals surface area contributed by atoms with Gasteiger partial charge in [-0.25, -0.2) is 4.79 Å². The number of thiophene rings is 1. The Hall–Kier alpha value is -0.680. The van der Waals surface area contributed by atoms with E-state index in [1.54, 1.807) is 0 Å². The lowest BCUT2D eigenvalue weighted by Crippen LogP contribution is -2.06. The highest BCUT2D eigenvalue weighted by Gasteiger charge is 2.23. The summed E-state index contributed by atoms with van der Waals surface area (Å²) in [6, 6.07) is 0. The van der Waals surface area contributed by atoms with Gasteiger partial charge in [-0.3, -0.25) is 0 Å². The van der Waals surface area contributed by atoms with E-state index in [0.29, 0.717) is 10.6 Å². The Morgan fingerprint density at radius 3 is 3.00 bits per heavy atom. The van der Waals surface area contributed by atoms with Crippen molar-refractivity contribution in [1.29, 1.82) is 0 Å². The molecule has 1 aliphatic rings. The van der Waals surface area contributed by atoms with Crippen molar-refractivity contribution in [3.05, 3.63) is 16.0 Å². The molecule has 0 spiro atoms. The van der Waals surface area contributed by atoms with Crippen LogP contribution in [-0.4, -0.2) is 16.8 Å². The minimum Gasteiger partial charge on any atom is -0.478 e. The molecule has 0 radical (unpaired) electrons. The van der Waals surface area contributed by atoms with Gasteiger partial charge in [0, 0.05) is 10.6 Å². The first kappa shape index (κ1) is 8.90. The molecule has 0 saturated heterocycles. The van der Waals surface area contributed by atoms with Crippen LogP contribution in [0, 0.1) is 0 Å². The summed E-state index contributed by atoms with van der Waals surface area (Å²) in [6.07, 6.45) is 0.843. The van der Waals surface area contributed by atoms with Crippen LogP contribution in [0.2, 0.25) is 0 Å². The molecule has 2 rings (SSSR count). The zero-order valence-corrected chi connectivity index (χ0v) is 8.50. The first-order valence-electron chi connectivity index (χ1n) is 3.91. The Labute approximate surface area is 83.9 Å². The summed E-state index contributed by atoms with van der Waals surface area (Å²) in [5, 5.41) is 9.39. The molecule has 0 unspecified atom stereocenters. The number of anilines is 1. The second kappa shape index (κ2) is 3.23. The summed E-state index contributed by atoms with van der Waals surface area (Å²) in [6.45, 7) is 0. The predicted molar refractivity (Wildman–Crippen MR) is 55.6 cm³/mol. The van der Waals surface area contributed by atoms with Gasteiger partial charge >= 0.3 is 5.97 Å². The molecule has 70 valence electrons. The normalized spacial score (nSPS) is 15.4. The summed E-state index contributed by atoms with van der Waals surface area (Å²) in [5.74, 6) is 1.03. The van der Waals surface area contributed by atoms with Crippen LogP contribution in [0.25, 0.3) is 0 Å². The number of aromatic carboxylic acids is 1. The Morgan fingerprint density at radius 2 is 2.31 bits per heavy atom. The third-order valence-corrected chi connectivity index (χ3v) is 4.29. The largest absolute Gasteiger partial charge is 0.478 e. The molecule has 13 heavy (non-hydrogen) atoms. The number of carboxylic acids is 1. The number of rotatable bonds is 1. The average Bonchev–Trinajstić information content (AvgIpc) is 2.39. The van der Waals surface area contributed by atoms with Crippen molar-refractivity contribution < 1.29 is 9.90 Å². The van der Waals surface area contributed by atoms with Gasteiger partial charge in [-0.05, 0) is 17.7 Å². The number of nitrogen functional groups attached to an aromatic ring is 1. The highest BCUT2D eigenvalue weighted by Crippen LogP contribution is 2.37. The quantitative estimate of drug-likeness (QED) is 0.750. The van der Waals surface area contributed by atoms with Crippen molar-refractivity contribution in [2.24, 2.45) is 0 Å². The number of fused-ring (bicyclic) bond motifs is 1. The number of hydrogen-bond donors (Lipinski definition) is 2. The minimum absolute atomic E-state index is 0.348. The lowest BCUT2D eigenvalue weighted by molar-refractivity contribution is 0.0697. The molecule has 0 amide bonds.